The minimum absolute atomic E-state index is 0.0141. The van der Waals surface area contributed by atoms with E-state index in [0.29, 0.717) is 13.0 Å². The number of rotatable bonds is 3. The molecule has 0 saturated carbocycles. The number of benzene rings is 1. The van der Waals surface area contributed by atoms with Crippen molar-refractivity contribution in [2.24, 2.45) is 5.73 Å². The van der Waals surface area contributed by atoms with Crippen molar-refractivity contribution in [2.45, 2.75) is 38.8 Å². The number of carbonyl (C=O) groups is 1. The standard InChI is InChI=1S/C14H20N2O2/c1-3-14(17)16-12-6-7-18-13-5-4-10(9(2)15)8-11(12)13/h4-5,8-9,12H,3,6-7,15H2,1-2H3,(H,16,17). The molecule has 0 aromatic heterocycles. The molecule has 1 aliphatic heterocycles. The molecule has 2 unspecified atom stereocenters. The third kappa shape index (κ3) is 2.64. The zero-order valence-electron chi connectivity index (χ0n) is 10.9. The smallest absolute Gasteiger partial charge is 0.220 e. The van der Waals surface area contributed by atoms with Crippen molar-refractivity contribution in [3.8, 4) is 5.75 Å². The predicted octanol–water partition coefficient (Wildman–Crippen LogP) is 2.06. The Labute approximate surface area is 108 Å². The molecule has 3 N–H and O–H groups in total. The molecule has 98 valence electrons. The Balaban J connectivity index is 2.28. The number of hydrogen-bond donors (Lipinski definition) is 2. The van der Waals surface area contributed by atoms with Gasteiger partial charge in [0.05, 0.1) is 12.6 Å². The van der Waals surface area contributed by atoms with Crippen molar-refractivity contribution in [1.82, 2.24) is 5.32 Å². The summed E-state index contributed by atoms with van der Waals surface area (Å²) in [7, 11) is 0. The van der Waals surface area contributed by atoms with E-state index in [9.17, 15) is 4.79 Å². The Morgan fingerprint density at radius 2 is 2.39 bits per heavy atom. The molecule has 0 bridgehead atoms. The van der Waals surface area contributed by atoms with Crippen LogP contribution in [0.4, 0.5) is 0 Å². The maximum Gasteiger partial charge on any atom is 0.220 e. The average Bonchev–Trinajstić information content (AvgIpc) is 2.38. The fourth-order valence-electron chi connectivity index (χ4n) is 2.14. The largest absolute Gasteiger partial charge is 0.493 e. The summed E-state index contributed by atoms with van der Waals surface area (Å²) in [5.41, 5.74) is 8.00. The third-order valence-electron chi connectivity index (χ3n) is 3.26. The van der Waals surface area contributed by atoms with Gasteiger partial charge >= 0.3 is 0 Å². The normalized spacial score (nSPS) is 19.6. The topological polar surface area (TPSA) is 64.3 Å². The summed E-state index contributed by atoms with van der Waals surface area (Å²) in [6.07, 6.45) is 1.31. The van der Waals surface area contributed by atoms with Crippen LogP contribution in [0.3, 0.4) is 0 Å². The second-order valence-electron chi connectivity index (χ2n) is 4.70. The van der Waals surface area contributed by atoms with Crippen LogP contribution in [0.25, 0.3) is 0 Å². The van der Waals surface area contributed by atoms with Crippen molar-refractivity contribution in [3.63, 3.8) is 0 Å². The first kappa shape index (κ1) is 12.9. The fourth-order valence-corrected chi connectivity index (χ4v) is 2.14. The van der Waals surface area contributed by atoms with E-state index in [-0.39, 0.29) is 18.0 Å². The molecule has 0 aliphatic carbocycles. The highest BCUT2D eigenvalue weighted by molar-refractivity contribution is 5.76. The molecule has 1 amide bonds. The molecule has 1 aromatic rings. The molecule has 4 heteroatoms. The summed E-state index contributed by atoms with van der Waals surface area (Å²) < 4.78 is 5.61. The Kier molecular flexibility index (Phi) is 3.87. The van der Waals surface area contributed by atoms with E-state index in [1.165, 1.54) is 0 Å². The van der Waals surface area contributed by atoms with Crippen LogP contribution in [0.5, 0.6) is 5.75 Å². The summed E-state index contributed by atoms with van der Waals surface area (Å²) >= 11 is 0. The maximum absolute atomic E-state index is 11.5. The van der Waals surface area contributed by atoms with Gasteiger partial charge in [-0.05, 0) is 24.6 Å². The molecule has 1 aromatic carbocycles. The van der Waals surface area contributed by atoms with E-state index in [4.69, 9.17) is 10.5 Å². The predicted molar refractivity (Wildman–Crippen MR) is 70.3 cm³/mol. The molecule has 0 fully saturated rings. The zero-order chi connectivity index (χ0) is 13.1. The van der Waals surface area contributed by atoms with Crippen LogP contribution in [-0.2, 0) is 4.79 Å². The highest BCUT2D eigenvalue weighted by atomic mass is 16.5. The number of nitrogens with one attached hydrogen (secondary N) is 1. The van der Waals surface area contributed by atoms with E-state index in [1.54, 1.807) is 0 Å². The lowest BCUT2D eigenvalue weighted by Crippen LogP contribution is -2.31. The van der Waals surface area contributed by atoms with Gasteiger partial charge in [0.1, 0.15) is 5.75 Å². The van der Waals surface area contributed by atoms with Gasteiger partial charge in [0.2, 0.25) is 5.91 Å². The van der Waals surface area contributed by atoms with Gasteiger partial charge in [0.15, 0.2) is 0 Å². The first-order valence-corrected chi connectivity index (χ1v) is 6.43. The molecular formula is C14H20N2O2. The van der Waals surface area contributed by atoms with Gasteiger partial charge in [0, 0.05) is 24.4 Å². The molecule has 0 spiro atoms. The maximum atomic E-state index is 11.5. The quantitative estimate of drug-likeness (QED) is 0.860. The van der Waals surface area contributed by atoms with Crippen molar-refractivity contribution in [3.05, 3.63) is 29.3 Å². The van der Waals surface area contributed by atoms with Crippen LogP contribution in [0, 0.1) is 0 Å². The number of fused-ring (bicyclic) bond motifs is 1. The van der Waals surface area contributed by atoms with E-state index < -0.39 is 0 Å². The minimum Gasteiger partial charge on any atom is -0.493 e. The summed E-state index contributed by atoms with van der Waals surface area (Å²) in [5.74, 6) is 0.922. The van der Waals surface area contributed by atoms with E-state index in [1.807, 2.05) is 32.0 Å². The number of nitrogens with two attached hydrogens (primary N) is 1. The minimum atomic E-state index is -0.0141. The van der Waals surface area contributed by atoms with Crippen LogP contribution in [0.2, 0.25) is 0 Å². The summed E-state index contributed by atoms with van der Waals surface area (Å²) in [5, 5.41) is 3.03. The number of ether oxygens (including phenoxy) is 1. The SMILES string of the molecule is CCC(=O)NC1CCOc2ccc(C(C)N)cc21. The number of hydrogen-bond acceptors (Lipinski definition) is 3. The van der Waals surface area contributed by atoms with Crippen LogP contribution in [-0.4, -0.2) is 12.5 Å². The zero-order valence-corrected chi connectivity index (χ0v) is 10.9. The molecular weight excluding hydrogens is 228 g/mol. The second-order valence-corrected chi connectivity index (χ2v) is 4.70. The van der Waals surface area contributed by atoms with Gasteiger partial charge in [-0.15, -0.1) is 0 Å². The Morgan fingerprint density at radius 1 is 1.61 bits per heavy atom. The Morgan fingerprint density at radius 3 is 3.06 bits per heavy atom. The molecule has 2 atom stereocenters. The molecule has 18 heavy (non-hydrogen) atoms. The highest BCUT2D eigenvalue weighted by Crippen LogP contribution is 2.33. The van der Waals surface area contributed by atoms with E-state index in [2.05, 4.69) is 5.32 Å². The molecule has 0 saturated heterocycles. The van der Waals surface area contributed by atoms with Crippen LogP contribution < -0.4 is 15.8 Å². The van der Waals surface area contributed by atoms with Gasteiger partial charge in [0.25, 0.3) is 0 Å². The highest BCUT2D eigenvalue weighted by Gasteiger charge is 2.23. The Hall–Kier alpha value is -1.55. The molecule has 2 rings (SSSR count). The molecule has 1 heterocycles. The Bertz CT molecular complexity index is 443. The first-order chi connectivity index (χ1) is 8.61. The lowest BCUT2D eigenvalue weighted by molar-refractivity contribution is -0.121. The second kappa shape index (κ2) is 5.40. The molecule has 1 aliphatic rings. The number of carbonyl (C=O) groups excluding carboxylic acids is 1. The van der Waals surface area contributed by atoms with Crippen molar-refractivity contribution >= 4 is 5.91 Å². The van der Waals surface area contributed by atoms with Crippen LogP contribution in [0.1, 0.15) is 49.9 Å². The van der Waals surface area contributed by atoms with Gasteiger partial charge in [-0.2, -0.15) is 0 Å². The van der Waals surface area contributed by atoms with Gasteiger partial charge in [-0.3, -0.25) is 4.79 Å². The summed E-state index contributed by atoms with van der Waals surface area (Å²) in [6.45, 7) is 4.44. The summed E-state index contributed by atoms with van der Waals surface area (Å²) in [4.78, 5) is 11.5. The van der Waals surface area contributed by atoms with Crippen LogP contribution >= 0.6 is 0 Å². The molecule has 4 nitrogen and oxygen atoms in total. The van der Waals surface area contributed by atoms with Gasteiger partial charge < -0.3 is 15.8 Å². The van der Waals surface area contributed by atoms with Crippen molar-refractivity contribution in [1.29, 1.82) is 0 Å². The fraction of sp³-hybridized carbons (Fsp3) is 0.500. The van der Waals surface area contributed by atoms with Crippen molar-refractivity contribution in [2.75, 3.05) is 6.61 Å². The lowest BCUT2D eigenvalue weighted by Gasteiger charge is -2.27. The van der Waals surface area contributed by atoms with Crippen molar-refractivity contribution < 1.29 is 9.53 Å². The monoisotopic (exact) mass is 248 g/mol. The lowest BCUT2D eigenvalue weighted by atomic mass is 9.96. The van der Waals surface area contributed by atoms with Gasteiger partial charge in [-0.1, -0.05) is 13.0 Å². The van der Waals surface area contributed by atoms with E-state index in [0.717, 1.165) is 23.3 Å². The summed E-state index contributed by atoms with van der Waals surface area (Å²) in [6, 6.07) is 5.99. The van der Waals surface area contributed by atoms with Crippen LogP contribution in [0.15, 0.2) is 18.2 Å². The first-order valence-electron chi connectivity index (χ1n) is 6.43. The van der Waals surface area contributed by atoms with Gasteiger partial charge in [-0.25, -0.2) is 0 Å². The van der Waals surface area contributed by atoms with E-state index >= 15 is 0 Å². The average molecular weight is 248 g/mol. The third-order valence-corrected chi connectivity index (χ3v) is 3.26. The molecule has 0 radical (unpaired) electrons. The number of amides is 1.